The SMILES string of the molecule is CN1CCC(N(C)C(=O)c2ccc(Nc3ncc(Br)c(N[C@@H]4CCC[C@@H]4C(=O)NCCN)n3)cc2)CC1. The molecule has 1 aromatic heterocycles. The number of carbonyl (C=O) groups is 2. The van der Waals surface area contributed by atoms with Crippen LogP contribution < -0.4 is 21.7 Å². The van der Waals surface area contributed by atoms with E-state index in [1.807, 2.05) is 36.2 Å². The molecule has 4 rings (SSSR count). The molecule has 2 fully saturated rings. The van der Waals surface area contributed by atoms with Crippen molar-refractivity contribution in [2.45, 2.75) is 44.2 Å². The highest BCUT2D eigenvalue weighted by molar-refractivity contribution is 9.10. The van der Waals surface area contributed by atoms with E-state index in [-0.39, 0.29) is 29.8 Å². The number of carbonyl (C=O) groups excluding carboxylic acids is 2. The van der Waals surface area contributed by atoms with Crippen molar-refractivity contribution in [2.24, 2.45) is 11.7 Å². The lowest BCUT2D eigenvalue weighted by molar-refractivity contribution is -0.124. The van der Waals surface area contributed by atoms with E-state index >= 15 is 0 Å². The highest BCUT2D eigenvalue weighted by Crippen LogP contribution is 2.31. The molecule has 1 aliphatic heterocycles. The minimum Gasteiger partial charge on any atom is -0.365 e. The first-order valence-corrected chi connectivity index (χ1v) is 13.7. The second-order valence-corrected chi connectivity index (χ2v) is 10.8. The van der Waals surface area contributed by atoms with Crippen LogP contribution in [0.2, 0.25) is 0 Å². The number of benzene rings is 1. The summed E-state index contributed by atoms with van der Waals surface area (Å²) in [4.78, 5) is 38.7. The molecule has 10 nitrogen and oxygen atoms in total. The molecule has 2 amide bonds. The number of piperidine rings is 1. The summed E-state index contributed by atoms with van der Waals surface area (Å²) in [5.74, 6) is 1.000. The molecule has 5 N–H and O–H groups in total. The largest absolute Gasteiger partial charge is 0.365 e. The zero-order chi connectivity index (χ0) is 26.4. The first-order valence-electron chi connectivity index (χ1n) is 13.0. The fourth-order valence-electron chi connectivity index (χ4n) is 5.05. The molecule has 1 saturated carbocycles. The molecular formula is C26H37BrN8O2. The highest BCUT2D eigenvalue weighted by atomic mass is 79.9. The molecule has 2 aromatic rings. The van der Waals surface area contributed by atoms with Crippen LogP contribution in [-0.4, -0.2) is 83.9 Å². The third kappa shape index (κ3) is 6.97. The Hall–Kier alpha value is -2.76. The number of aromatic nitrogens is 2. The number of hydrogen-bond donors (Lipinski definition) is 4. The van der Waals surface area contributed by atoms with Gasteiger partial charge in [-0.2, -0.15) is 4.98 Å². The van der Waals surface area contributed by atoms with Gasteiger partial charge in [0.2, 0.25) is 11.9 Å². The van der Waals surface area contributed by atoms with Crippen molar-refractivity contribution in [1.29, 1.82) is 0 Å². The first-order chi connectivity index (χ1) is 17.9. The topological polar surface area (TPSA) is 129 Å². The normalized spacial score (nSPS) is 20.4. The van der Waals surface area contributed by atoms with E-state index in [2.05, 4.69) is 53.8 Å². The van der Waals surface area contributed by atoms with Gasteiger partial charge in [-0.25, -0.2) is 4.98 Å². The summed E-state index contributed by atoms with van der Waals surface area (Å²) in [5.41, 5.74) is 6.97. The summed E-state index contributed by atoms with van der Waals surface area (Å²) >= 11 is 3.52. The molecule has 37 heavy (non-hydrogen) atoms. The maximum Gasteiger partial charge on any atom is 0.253 e. The first kappa shape index (κ1) is 27.3. The van der Waals surface area contributed by atoms with Crippen LogP contribution in [0.25, 0.3) is 0 Å². The minimum absolute atomic E-state index is 0.0105. The van der Waals surface area contributed by atoms with Gasteiger partial charge in [-0.1, -0.05) is 6.42 Å². The molecule has 2 atom stereocenters. The average molecular weight is 574 g/mol. The van der Waals surface area contributed by atoms with E-state index in [1.54, 1.807) is 6.20 Å². The maximum absolute atomic E-state index is 13.0. The Morgan fingerprint density at radius 1 is 1.16 bits per heavy atom. The molecule has 200 valence electrons. The molecule has 0 bridgehead atoms. The molecular weight excluding hydrogens is 536 g/mol. The molecule has 1 saturated heterocycles. The lowest BCUT2D eigenvalue weighted by Crippen LogP contribution is -2.44. The van der Waals surface area contributed by atoms with E-state index < -0.39 is 0 Å². The number of nitrogens with two attached hydrogens (primary N) is 1. The van der Waals surface area contributed by atoms with E-state index in [0.29, 0.717) is 30.4 Å². The van der Waals surface area contributed by atoms with Crippen LogP contribution in [0.5, 0.6) is 0 Å². The Labute approximate surface area is 226 Å². The zero-order valence-electron chi connectivity index (χ0n) is 21.5. The number of anilines is 3. The highest BCUT2D eigenvalue weighted by Gasteiger charge is 2.33. The molecule has 2 heterocycles. The van der Waals surface area contributed by atoms with Gasteiger partial charge in [-0.3, -0.25) is 9.59 Å². The van der Waals surface area contributed by atoms with Crippen LogP contribution >= 0.6 is 15.9 Å². The molecule has 0 radical (unpaired) electrons. The number of likely N-dealkylation sites (tertiary alicyclic amines) is 1. The van der Waals surface area contributed by atoms with Gasteiger partial charge >= 0.3 is 0 Å². The average Bonchev–Trinajstić information content (AvgIpc) is 3.37. The molecule has 0 unspecified atom stereocenters. The predicted molar refractivity (Wildman–Crippen MR) is 149 cm³/mol. The van der Waals surface area contributed by atoms with Crippen molar-refractivity contribution < 1.29 is 9.59 Å². The summed E-state index contributed by atoms with van der Waals surface area (Å²) in [7, 11) is 4.01. The van der Waals surface area contributed by atoms with Crippen molar-refractivity contribution in [1.82, 2.24) is 25.1 Å². The Bertz CT molecular complexity index is 1070. The molecule has 11 heteroatoms. The fraction of sp³-hybridized carbons (Fsp3) is 0.538. The standard InChI is InChI=1S/C26H37BrN8O2/c1-34-14-10-19(11-15-34)35(2)25(37)17-6-8-18(9-7-17)31-26-30-16-21(27)23(33-26)32-22-5-3-4-20(22)24(36)29-13-12-28/h6-9,16,19-20,22H,3-5,10-15,28H2,1-2H3,(H,29,36)(H2,30,31,32,33)/t20-,22+/m0/s1. The maximum atomic E-state index is 13.0. The summed E-state index contributed by atoms with van der Waals surface area (Å²) in [6, 6.07) is 7.65. The lowest BCUT2D eigenvalue weighted by Gasteiger charge is -2.35. The number of nitrogens with one attached hydrogen (secondary N) is 3. The van der Waals surface area contributed by atoms with E-state index in [0.717, 1.165) is 55.4 Å². The van der Waals surface area contributed by atoms with Gasteiger partial charge in [0.15, 0.2) is 0 Å². The van der Waals surface area contributed by atoms with Crippen LogP contribution in [-0.2, 0) is 4.79 Å². The van der Waals surface area contributed by atoms with Crippen LogP contribution in [0.3, 0.4) is 0 Å². The van der Waals surface area contributed by atoms with Crippen LogP contribution in [0.1, 0.15) is 42.5 Å². The van der Waals surface area contributed by atoms with Crippen LogP contribution in [0.15, 0.2) is 34.9 Å². The summed E-state index contributed by atoms with van der Waals surface area (Å²) in [5, 5.41) is 9.54. The Morgan fingerprint density at radius 2 is 1.89 bits per heavy atom. The summed E-state index contributed by atoms with van der Waals surface area (Å²) in [6.07, 6.45) is 6.38. The second kappa shape index (κ2) is 12.7. The number of nitrogens with zero attached hydrogens (tertiary/aromatic N) is 4. The van der Waals surface area contributed by atoms with Gasteiger partial charge in [-0.15, -0.1) is 0 Å². The second-order valence-electron chi connectivity index (χ2n) is 9.91. The van der Waals surface area contributed by atoms with Gasteiger partial charge in [0.05, 0.1) is 10.4 Å². The number of rotatable bonds is 9. The van der Waals surface area contributed by atoms with Gasteiger partial charge in [0.1, 0.15) is 5.82 Å². The number of hydrogen-bond acceptors (Lipinski definition) is 8. The van der Waals surface area contributed by atoms with Gasteiger partial charge < -0.3 is 31.5 Å². The van der Waals surface area contributed by atoms with E-state index in [9.17, 15) is 9.59 Å². The molecule has 2 aliphatic rings. The third-order valence-electron chi connectivity index (χ3n) is 7.31. The Morgan fingerprint density at radius 3 is 2.59 bits per heavy atom. The van der Waals surface area contributed by atoms with Gasteiger partial charge in [-0.05, 0) is 86.0 Å². The van der Waals surface area contributed by atoms with Gasteiger partial charge in [0.25, 0.3) is 5.91 Å². The smallest absolute Gasteiger partial charge is 0.253 e. The minimum atomic E-state index is -0.123. The molecule has 1 aliphatic carbocycles. The quantitative estimate of drug-likeness (QED) is 0.361. The molecule has 0 spiro atoms. The zero-order valence-corrected chi connectivity index (χ0v) is 23.1. The van der Waals surface area contributed by atoms with Crippen molar-refractivity contribution in [2.75, 3.05) is 50.9 Å². The van der Waals surface area contributed by atoms with E-state index in [1.165, 1.54) is 0 Å². The summed E-state index contributed by atoms with van der Waals surface area (Å²) in [6.45, 7) is 2.93. The van der Waals surface area contributed by atoms with Crippen LogP contribution in [0, 0.1) is 5.92 Å². The van der Waals surface area contributed by atoms with Crippen LogP contribution in [0.4, 0.5) is 17.5 Å². The van der Waals surface area contributed by atoms with Crippen molar-refractivity contribution >= 4 is 45.2 Å². The van der Waals surface area contributed by atoms with Crippen molar-refractivity contribution in [3.8, 4) is 0 Å². The van der Waals surface area contributed by atoms with Gasteiger partial charge in [0, 0.05) is 49.7 Å². The Kier molecular flexibility index (Phi) is 9.33. The summed E-state index contributed by atoms with van der Waals surface area (Å²) < 4.78 is 0.726. The monoisotopic (exact) mass is 572 g/mol. The van der Waals surface area contributed by atoms with E-state index in [4.69, 9.17) is 5.73 Å². The number of halogens is 1. The lowest BCUT2D eigenvalue weighted by atomic mass is 10.0. The predicted octanol–water partition coefficient (Wildman–Crippen LogP) is 2.80. The van der Waals surface area contributed by atoms with Crippen molar-refractivity contribution in [3.05, 3.63) is 40.5 Å². The Balaban J connectivity index is 1.38. The third-order valence-corrected chi connectivity index (χ3v) is 7.89. The molecule has 1 aromatic carbocycles. The fourth-order valence-corrected chi connectivity index (χ4v) is 5.36. The number of amides is 2. The van der Waals surface area contributed by atoms with Crippen molar-refractivity contribution in [3.63, 3.8) is 0 Å².